The van der Waals surface area contributed by atoms with E-state index in [4.69, 9.17) is 15.7 Å². The van der Waals surface area contributed by atoms with Gasteiger partial charge in [0.25, 0.3) is 0 Å². The van der Waals surface area contributed by atoms with Crippen molar-refractivity contribution in [3.05, 3.63) is 53.6 Å². The lowest BCUT2D eigenvalue weighted by Crippen LogP contribution is -2.41. The maximum Gasteiger partial charge on any atom is 0.332 e. The number of benzene rings is 1. The van der Waals surface area contributed by atoms with E-state index in [9.17, 15) is 4.79 Å². The van der Waals surface area contributed by atoms with E-state index in [1.165, 1.54) is 0 Å². The SMILES string of the molecule is CCOC(=O)C(Nc1ccc(C#N)cc1)C1=CC=CC(C)(N)C1. The van der Waals surface area contributed by atoms with E-state index >= 15 is 0 Å². The molecular formula is C18H21N3O2. The smallest absolute Gasteiger partial charge is 0.332 e. The summed E-state index contributed by atoms with van der Waals surface area (Å²) in [6, 6.07) is 8.41. The van der Waals surface area contributed by atoms with Gasteiger partial charge in [0.2, 0.25) is 0 Å². The van der Waals surface area contributed by atoms with Gasteiger partial charge in [-0.15, -0.1) is 0 Å². The number of nitrogens with zero attached hydrogens (tertiary/aromatic N) is 1. The van der Waals surface area contributed by atoms with E-state index in [-0.39, 0.29) is 5.97 Å². The van der Waals surface area contributed by atoms with Crippen LogP contribution in [0.1, 0.15) is 25.8 Å². The Hall–Kier alpha value is -2.58. The minimum atomic E-state index is -0.601. The van der Waals surface area contributed by atoms with E-state index in [2.05, 4.69) is 11.4 Å². The fourth-order valence-corrected chi connectivity index (χ4v) is 2.48. The van der Waals surface area contributed by atoms with Crippen molar-refractivity contribution >= 4 is 11.7 Å². The molecule has 0 aliphatic heterocycles. The number of hydrogen-bond acceptors (Lipinski definition) is 5. The molecule has 2 unspecified atom stereocenters. The Morgan fingerprint density at radius 3 is 2.74 bits per heavy atom. The molecule has 0 saturated heterocycles. The van der Waals surface area contributed by atoms with Gasteiger partial charge < -0.3 is 15.8 Å². The molecular weight excluding hydrogens is 290 g/mol. The van der Waals surface area contributed by atoms with Crippen LogP contribution in [0.15, 0.2) is 48.1 Å². The minimum Gasteiger partial charge on any atom is -0.464 e. The van der Waals surface area contributed by atoms with Gasteiger partial charge in [0, 0.05) is 11.2 Å². The third kappa shape index (κ3) is 4.44. The Bertz CT molecular complexity index is 667. The van der Waals surface area contributed by atoms with Crippen LogP contribution < -0.4 is 11.1 Å². The molecule has 0 fully saturated rings. The number of ether oxygens (including phenoxy) is 1. The van der Waals surface area contributed by atoms with Crippen molar-refractivity contribution in [3.8, 4) is 6.07 Å². The number of carbonyl (C=O) groups excluding carboxylic acids is 1. The highest BCUT2D eigenvalue weighted by Crippen LogP contribution is 2.25. The summed E-state index contributed by atoms with van der Waals surface area (Å²) in [6.07, 6.45) is 6.25. The minimum absolute atomic E-state index is 0.313. The van der Waals surface area contributed by atoms with E-state index in [1.54, 1.807) is 31.2 Å². The number of anilines is 1. The lowest BCUT2D eigenvalue weighted by molar-refractivity contribution is -0.143. The molecule has 23 heavy (non-hydrogen) atoms. The first-order valence-corrected chi connectivity index (χ1v) is 7.55. The number of nitrogens with one attached hydrogen (secondary N) is 1. The van der Waals surface area contributed by atoms with E-state index < -0.39 is 11.6 Å². The fraction of sp³-hybridized carbons (Fsp3) is 0.333. The van der Waals surface area contributed by atoms with Crippen LogP contribution in [0.3, 0.4) is 0 Å². The van der Waals surface area contributed by atoms with Gasteiger partial charge in [0.1, 0.15) is 6.04 Å². The van der Waals surface area contributed by atoms with Crippen molar-refractivity contribution in [1.82, 2.24) is 0 Å². The monoisotopic (exact) mass is 311 g/mol. The Balaban J connectivity index is 2.24. The quantitative estimate of drug-likeness (QED) is 0.816. The second-order valence-corrected chi connectivity index (χ2v) is 5.80. The molecule has 5 nitrogen and oxygen atoms in total. The maximum atomic E-state index is 12.3. The van der Waals surface area contributed by atoms with Gasteiger partial charge in [0.15, 0.2) is 0 Å². The zero-order valence-electron chi connectivity index (χ0n) is 13.4. The number of carbonyl (C=O) groups is 1. The van der Waals surface area contributed by atoms with Gasteiger partial charge in [-0.1, -0.05) is 18.2 Å². The summed E-state index contributed by atoms with van der Waals surface area (Å²) in [7, 11) is 0. The second kappa shape index (κ2) is 7.12. The summed E-state index contributed by atoms with van der Waals surface area (Å²) in [6.45, 7) is 4.01. The molecule has 0 radical (unpaired) electrons. The average Bonchev–Trinajstić information content (AvgIpc) is 2.52. The van der Waals surface area contributed by atoms with Crippen LogP contribution in [0.2, 0.25) is 0 Å². The van der Waals surface area contributed by atoms with Crippen molar-refractivity contribution in [2.45, 2.75) is 31.8 Å². The lowest BCUT2D eigenvalue weighted by atomic mass is 9.86. The molecule has 0 heterocycles. The summed E-state index contributed by atoms with van der Waals surface area (Å²) >= 11 is 0. The summed E-state index contributed by atoms with van der Waals surface area (Å²) in [5.41, 5.74) is 7.87. The van der Waals surface area contributed by atoms with Crippen molar-refractivity contribution in [2.24, 2.45) is 5.73 Å². The molecule has 120 valence electrons. The normalized spacial score (nSPS) is 21.0. The van der Waals surface area contributed by atoms with Crippen LogP contribution in [0.4, 0.5) is 5.69 Å². The molecule has 1 aromatic carbocycles. The van der Waals surface area contributed by atoms with Crippen molar-refractivity contribution in [2.75, 3.05) is 11.9 Å². The molecule has 1 aliphatic carbocycles. The van der Waals surface area contributed by atoms with Gasteiger partial charge in [-0.25, -0.2) is 4.79 Å². The first-order chi connectivity index (χ1) is 10.9. The first kappa shape index (κ1) is 16.8. The van der Waals surface area contributed by atoms with Crippen molar-refractivity contribution < 1.29 is 9.53 Å². The molecule has 1 aromatic rings. The average molecular weight is 311 g/mol. The summed E-state index contributed by atoms with van der Waals surface area (Å²) in [5.74, 6) is -0.339. The molecule has 2 rings (SSSR count). The van der Waals surface area contributed by atoms with Crippen molar-refractivity contribution in [1.29, 1.82) is 5.26 Å². The Labute approximate surface area is 136 Å². The number of nitriles is 1. The Morgan fingerprint density at radius 1 is 1.48 bits per heavy atom. The molecule has 3 N–H and O–H groups in total. The maximum absolute atomic E-state index is 12.3. The van der Waals surface area contributed by atoms with Gasteiger partial charge >= 0.3 is 5.97 Å². The van der Waals surface area contributed by atoms with Crippen LogP contribution in [0.25, 0.3) is 0 Å². The highest BCUT2D eigenvalue weighted by molar-refractivity contribution is 5.83. The molecule has 0 amide bonds. The highest BCUT2D eigenvalue weighted by atomic mass is 16.5. The second-order valence-electron chi connectivity index (χ2n) is 5.80. The third-order valence-electron chi connectivity index (χ3n) is 3.59. The standard InChI is InChI=1S/C18H21N3O2/c1-3-23-17(22)16(14-5-4-10-18(2,20)11-14)21-15-8-6-13(12-19)7-9-15/h4-10,16,21H,3,11,20H2,1-2H3. The van der Waals surface area contributed by atoms with Crippen molar-refractivity contribution in [3.63, 3.8) is 0 Å². The summed E-state index contributed by atoms with van der Waals surface area (Å²) < 4.78 is 5.18. The molecule has 5 heteroatoms. The number of nitrogens with two attached hydrogens (primary N) is 1. The first-order valence-electron chi connectivity index (χ1n) is 7.55. The topological polar surface area (TPSA) is 88.1 Å². The summed E-state index contributed by atoms with van der Waals surface area (Å²) in [4.78, 5) is 12.3. The zero-order valence-corrected chi connectivity index (χ0v) is 13.4. The fourth-order valence-electron chi connectivity index (χ4n) is 2.48. The predicted molar refractivity (Wildman–Crippen MR) is 89.6 cm³/mol. The van der Waals surface area contributed by atoms with E-state index in [0.29, 0.717) is 18.6 Å². The molecule has 1 aliphatic rings. The van der Waals surface area contributed by atoms with Crippen LogP contribution in [-0.4, -0.2) is 24.2 Å². The highest BCUT2D eigenvalue weighted by Gasteiger charge is 2.29. The lowest BCUT2D eigenvalue weighted by Gasteiger charge is -2.29. The molecule has 0 aromatic heterocycles. The predicted octanol–water partition coefficient (Wildman–Crippen LogP) is 2.51. The van der Waals surface area contributed by atoms with Crippen LogP contribution in [0, 0.1) is 11.3 Å². The van der Waals surface area contributed by atoms with Crippen LogP contribution >= 0.6 is 0 Å². The molecule has 2 atom stereocenters. The van der Waals surface area contributed by atoms with E-state index in [0.717, 1.165) is 11.3 Å². The Kier molecular flexibility index (Phi) is 5.20. The van der Waals surface area contributed by atoms with Gasteiger partial charge in [-0.2, -0.15) is 5.26 Å². The van der Waals surface area contributed by atoms with Crippen LogP contribution in [-0.2, 0) is 9.53 Å². The number of hydrogen-bond donors (Lipinski definition) is 2. The van der Waals surface area contributed by atoms with Gasteiger partial charge in [-0.05, 0) is 50.1 Å². The van der Waals surface area contributed by atoms with E-state index in [1.807, 2.05) is 25.2 Å². The Morgan fingerprint density at radius 2 is 2.17 bits per heavy atom. The van der Waals surface area contributed by atoms with Gasteiger partial charge in [-0.3, -0.25) is 0 Å². The number of esters is 1. The largest absolute Gasteiger partial charge is 0.464 e. The molecule has 0 spiro atoms. The summed E-state index contributed by atoms with van der Waals surface area (Å²) in [5, 5.41) is 12.0. The molecule has 0 saturated carbocycles. The number of rotatable bonds is 5. The van der Waals surface area contributed by atoms with Gasteiger partial charge in [0.05, 0.1) is 18.2 Å². The third-order valence-corrected chi connectivity index (χ3v) is 3.59. The molecule has 0 bridgehead atoms. The van der Waals surface area contributed by atoms with Crippen LogP contribution in [0.5, 0.6) is 0 Å². The number of allylic oxidation sites excluding steroid dienone is 2. The zero-order chi connectivity index (χ0) is 16.9.